The van der Waals surface area contributed by atoms with Crippen molar-refractivity contribution in [3.63, 3.8) is 0 Å². The van der Waals surface area contributed by atoms with Crippen LogP contribution >= 0.6 is 0 Å². The topological polar surface area (TPSA) is 58.6 Å². The minimum absolute atomic E-state index is 0.210. The molecule has 1 unspecified atom stereocenters. The summed E-state index contributed by atoms with van der Waals surface area (Å²) in [5.74, 6) is -3.30. The number of aliphatic hydroxyl groups is 1. The van der Waals surface area contributed by atoms with Gasteiger partial charge in [-0.3, -0.25) is 4.79 Å². The lowest BCUT2D eigenvalue weighted by atomic mass is 10.1. The first-order valence-corrected chi connectivity index (χ1v) is 6.67. The van der Waals surface area contributed by atoms with E-state index in [-0.39, 0.29) is 17.0 Å². The van der Waals surface area contributed by atoms with Crippen LogP contribution in [0.25, 0.3) is 0 Å². The molecule has 2 aromatic carbocycles. The highest BCUT2D eigenvalue weighted by Crippen LogP contribution is 2.25. The van der Waals surface area contributed by atoms with Gasteiger partial charge in [-0.15, -0.1) is 0 Å². The van der Waals surface area contributed by atoms with Crippen molar-refractivity contribution in [3.05, 3.63) is 59.4 Å². The molecule has 7 heteroatoms. The third-order valence-corrected chi connectivity index (χ3v) is 3.13. The van der Waals surface area contributed by atoms with Gasteiger partial charge in [-0.1, -0.05) is 12.1 Å². The van der Waals surface area contributed by atoms with Gasteiger partial charge in [0.1, 0.15) is 5.82 Å². The molecule has 0 aliphatic heterocycles. The van der Waals surface area contributed by atoms with Gasteiger partial charge in [0.15, 0.2) is 17.4 Å². The second-order valence-electron chi connectivity index (χ2n) is 4.79. The van der Waals surface area contributed by atoms with Crippen molar-refractivity contribution in [3.8, 4) is 5.75 Å². The van der Waals surface area contributed by atoms with E-state index < -0.39 is 35.9 Å². The van der Waals surface area contributed by atoms with Gasteiger partial charge in [-0.25, -0.2) is 13.2 Å². The number of carbonyl (C=O) groups is 1. The van der Waals surface area contributed by atoms with Gasteiger partial charge in [-0.2, -0.15) is 0 Å². The van der Waals surface area contributed by atoms with Crippen molar-refractivity contribution in [2.24, 2.45) is 0 Å². The number of halogens is 3. The molecule has 1 atom stereocenters. The van der Waals surface area contributed by atoms with Gasteiger partial charge in [0, 0.05) is 12.1 Å². The average Bonchev–Trinajstić information content (AvgIpc) is 2.50. The van der Waals surface area contributed by atoms with Crippen molar-refractivity contribution >= 4 is 11.6 Å². The van der Waals surface area contributed by atoms with E-state index >= 15 is 0 Å². The molecule has 0 aliphatic carbocycles. The largest absolute Gasteiger partial charge is 0.494 e. The van der Waals surface area contributed by atoms with Crippen LogP contribution in [0.15, 0.2) is 36.4 Å². The molecular weight excluding hydrogens is 311 g/mol. The lowest BCUT2D eigenvalue weighted by molar-refractivity contribution is -0.118. The third-order valence-electron chi connectivity index (χ3n) is 3.13. The summed E-state index contributed by atoms with van der Waals surface area (Å²) in [4.78, 5) is 11.8. The van der Waals surface area contributed by atoms with Gasteiger partial charge >= 0.3 is 0 Å². The number of carbonyl (C=O) groups excluding carboxylic acids is 1. The summed E-state index contributed by atoms with van der Waals surface area (Å²) in [6.07, 6.45) is -1.70. The normalized spacial score (nSPS) is 11.9. The van der Waals surface area contributed by atoms with Crippen LogP contribution < -0.4 is 10.1 Å². The van der Waals surface area contributed by atoms with Crippen LogP contribution in [0.5, 0.6) is 5.75 Å². The number of ether oxygens (including phenoxy) is 1. The highest BCUT2D eigenvalue weighted by molar-refractivity contribution is 5.91. The molecule has 0 fully saturated rings. The Morgan fingerprint density at radius 1 is 1.22 bits per heavy atom. The molecule has 2 aromatic rings. The Morgan fingerprint density at radius 3 is 2.61 bits per heavy atom. The minimum Gasteiger partial charge on any atom is -0.494 e. The van der Waals surface area contributed by atoms with Crippen LogP contribution in [0.3, 0.4) is 0 Å². The Kier molecular flexibility index (Phi) is 5.23. The van der Waals surface area contributed by atoms with Crippen molar-refractivity contribution in [2.45, 2.75) is 12.5 Å². The van der Waals surface area contributed by atoms with Crippen LogP contribution in [0.2, 0.25) is 0 Å². The van der Waals surface area contributed by atoms with E-state index in [0.29, 0.717) is 0 Å². The number of amides is 1. The van der Waals surface area contributed by atoms with E-state index in [0.717, 1.165) is 18.2 Å². The number of anilines is 1. The van der Waals surface area contributed by atoms with Crippen LogP contribution in [-0.4, -0.2) is 18.1 Å². The van der Waals surface area contributed by atoms with Crippen molar-refractivity contribution in [1.29, 1.82) is 0 Å². The summed E-state index contributed by atoms with van der Waals surface area (Å²) in [6, 6.07) is 6.71. The number of benzene rings is 2. The third kappa shape index (κ3) is 4.23. The molecular formula is C16H14F3NO3. The maximum atomic E-state index is 13.7. The lowest BCUT2D eigenvalue weighted by Gasteiger charge is -2.12. The van der Waals surface area contributed by atoms with Crippen molar-refractivity contribution < 1.29 is 27.8 Å². The Hall–Kier alpha value is -2.54. The van der Waals surface area contributed by atoms with Gasteiger partial charge in [0.2, 0.25) is 5.91 Å². The maximum absolute atomic E-state index is 13.7. The SMILES string of the molecule is COc1cc(F)c(NC(=O)CC(O)c2cccc(F)c2)cc1F. The van der Waals surface area contributed by atoms with Crippen LogP contribution in [0.1, 0.15) is 18.1 Å². The van der Waals surface area contributed by atoms with E-state index in [4.69, 9.17) is 0 Å². The molecule has 122 valence electrons. The molecule has 4 nitrogen and oxygen atoms in total. The quantitative estimate of drug-likeness (QED) is 0.888. The molecule has 0 spiro atoms. The molecule has 0 heterocycles. The zero-order valence-electron chi connectivity index (χ0n) is 12.1. The summed E-state index contributed by atoms with van der Waals surface area (Å²) in [7, 11) is 1.19. The zero-order valence-corrected chi connectivity index (χ0v) is 12.1. The Labute approximate surface area is 130 Å². The number of nitrogens with one attached hydrogen (secondary N) is 1. The fourth-order valence-corrected chi connectivity index (χ4v) is 1.99. The van der Waals surface area contributed by atoms with E-state index in [9.17, 15) is 23.1 Å². The maximum Gasteiger partial charge on any atom is 0.227 e. The summed E-state index contributed by atoms with van der Waals surface area (Å²) >= 11 is 0. The first-order valence-electron chi connectivity index (χ1n) is 6.67. The summed E-state index contributed by atoms with van der Waals surface area (Å²) in [5.41, 5.74) is -0.165. The van der Waals surface area contributed by atoms with Gasteiger partial charge in [0.25, 0.3) is 0 Å². The van der Waals surface area contributed by atoms with Crippen LogP contribution in [-0.2, 0) is 4.79 Å². The van der Waals surface area contributed by atoms with E-state index in [1.54, 1.807) is 0 Å². The van der Waals surface area contributed by atoms with Crippen molar-refractivity contribution in [2.75, 3.05) is 12.4 Å². The first-order chi connectivity index (χ1) is 10.9. The minimum atomic E-state index is -1.27. The first kappa shape index (κ1) is 16.8. The Morgan fingerprint density at radius 2 is 1.96 bits per heavy atom. The molecule has 0 bridgehead atoms. The molecule has 0 aliphatic rings. The van der Waals surface area contributed by atoms with Crippen molar-refractivity contribution in [1.82, 2.24) is 0 Å². The van der Waals surface area contributed by atoms with Crippen LogP contribution in [0.4, 0.5) is 18.9 Å². The monoisotopic (exact) mass is 325 g/mol. The van der Waals surface area contributed by atoms with Crippen LogP contribution in [0, 0.1) is 17.5 Å². The average molecular weight is 325 g/mol. The molecule has 0 saturated carbocycles. The van der Waals surface area contributed by atoms with Gasteiger partial charge in [0.05, 0.1) is 25.3 Å². The van der Waals surface area contributed by atoms with E-state index in [1.807, 2.05) is 0 Å². The highest BCUT2D eigenvalue weighted by Gasteiger charge is 2.17. The molecule has 23 heavy (non-hydrogen) atoms. The van der Waals surface area contributed by atoms with E-state index in [1.165, 1.54) is 25.3 Å². The number of hydrogen-bond acceptors (Lipinski definition) is 3. The van der Waals surface area contributed by atoms with E-state index in [2.05, 4.69) is 10.1 Å². The molecule has 1 amide bonds. The zero-order chi connectivity index (χ0) is 17.0. The second kappa shape index (κ2) is 7.15. The number of aliphatic hydroxyl groups excluding tert-OH is 1. The summed E-state index contributed by atoms with van der Waals surface area (Å²) < 4.78 is 44.9. The highest BCUT2D eigenvalue weighted by atomic mass is 19.1. The molecule has 2 N–H and O–H groups in total. The molecule has 0 saturated heterocycles. The van der Waals surface area contributed by atoms with Gasteiger partial charge in [-0.05, 0) is 17.7 Å². The smallest absolute Gasteiger partial charge is 0.227 e. The Bertz CT molecular complexity index is 722. The molecule has 2 rings (SSSR count). The Balaban J connectivity index is 2.06. The fourth-order valence-electron chi connectivity index (χ4n) is 1.99. The van der Waals surface area contributed by atoms with Gasteiger partial charge < -0.3 is 15.2 Å². The predicted molar refractivity (Wildman–Crippen MR) is 77.5 cm³/mol. The second-order valence-corrected chi connectivity index (χ2v) is 4.79. The summed E-state index contributed by atoms with van der Waals surface area (Å²) in [5, 5.41) is 12.0. The predicted octanol–water partition coefficient (Wildman–Crippen LogP) is 3.17. The number of rotatable bonds is 5. The molecule has 0 radical (unpaired) electrons. The lowest BCUT2D eigenvalue weighted by Crippen LogP contribution is -2.16. The summed E-state index contributed by atoms with van der Waals surface area (Å²) in [6.45, 7) is 0. The fraction of sp³-hybridized carbons (Fsp3) is 0.188. The standard InChI is InChI=1S/C16H14F3NO3/c1-23-15-7-11(18)13(6-12(15)19)20-16(22)8-14(21)9-3-2-4-10(17)5-9/h2-7,14,21H,8H2,1H3,(H,20,22). The number of methoxy groups -OCH3 is 1. The number of hydrogen-bond donors (Lipinski definition) is 2. The molecule has 0 aromatic heterocycles.